The van der Waals surface area contributed by atoms with Crippen LogP contribution in [0.3, 0.4) is 0 Å². The molecular weight excluding hydrogens is 234 g/mol. The largest absolute Gasteiger partial charge is 0.309 e. The van der Waals surface area contributed by atoms with Gasteiger partial charge in [-0.2, -0.15) is 0 Å². The standard InChI is InChI=1S/C12H13N3OS/c1-8(16)10-6-4-5-7-11(10)17-12-14-13-9(2)15(12)3/h4-7H,1-3H3. The van der Waals surface area contributed by atoms with Gasteiger partial charge in [0.1, 0.15) is 5.82 Å². The van der Waals surface area contributed by atoms with Crippen LogP contribution < -0.4 is 0 Å². The van der Waals surface area contributed by atoms with E-state index in [1.165, 1.54) is 11.8 Å². The minimum atomic E-state index is 0.0620. The average Bonchev–Trinajstić information content (AvgIpc) is 2.61. The van der Waals surface area contributed by atoms with Crippen LogP contribution in [0.25, 0.3) is 0 Å². The van der Waals surface area contributed by atoms with Gasteiger partial charge in [0.15, 0.2) is 10.9 Å². The summed E-state index contributed by atoms with van der Waals surface area (Å²) >= 11 is 1.46. The third kappa shape index (κ3) is 2.39. The fraction of sp³-hybridized carbons (Fsp3) is 0.250. The fourth-order valence-corrected chi connectivity index (χ4v) is 2.44. The molecule has 88 valence electrons. The van der Waals surface area contributed by atoms with E-state index in [1.54, 1.807) is 6.92 Å². The first-order valence-corrected chi connectivity index (χ1v) is 6.05. The lowest BCUT2D eigenvalue weighted by Crippen LogP contribution is -1.97. The molecule has 0 aliphatic heterocycles. The summed E-state index contributed by atoms with van der Waals surface area (Å²) in [6, 6.07) is 7.53. The Kier molecular flexibility index (Phi) is 3.28. The molecule has 0 amide bonds. The molecule has 2 aromatic rings. The molecule has 5 heteroatoms. The second kappa shape index (κ2) is 4.71. The van der Waals surface area contributed by atoms with Crippen LogP contribution >= 0.6 is 11.8 Å². The van der Waals surface area contributed by atoms with Crippen LogP contribution in [0.2, 0.25) is 0 Å². The molecule has 0 spiro atoms. The second-order valence-corrected chi connectivity index (χ2v) is 4.75. The fourth-order valence-electron chi connectivity index (χ4n) is 1.42. The van der Waals surface area contributed by atoms with Gasteiger partial charge in [0.2, 0.25) is 0 Å². The molecule has 0 saturated carbocycles. The van der Waals surface area contributed by atoms with Gasteiger partial charge in [-0.25, -0.2) is 0 Å². The van der Waals surface area contributed by atoms with E-state index in [0.717, 1.165) is 21.4 Å². The van der Waals surface area contributed by atoms with Crippen molar-refractivity contribution >= 4 is 17.5 Å². The normalized spacial score (nSPS) is 10.5. The number of rotatable bonds is 3. The Morgan fingerprint density at radius 3 is 2.59 bits per heavy atom. The summed E-state index contributed by atoms with van der Waals surface area (Å²) in [4.78, 5) is 12.4. The molecule has 0 saturated heterocycles. The van der Waals surface area contributed by atoms with Gasteiger partial charge in [-0.1, -0.05) is 18.2 Å². The van der Waals surface area contributed by atoms with Gasteiger partial charge in [0.25, 0.3) is 0 Å². The third-order valence-corrected chi connectivity index (χ3v) is 3.63. The van der Waals surface area contributed by atoms with Crippen LogP contribution in [0.5, 0.6) is 0 Å². The highest BCUT2D eigenvalue weighted by atomic mass is 32.2. The molecule has 4 nitrogen and oxygen atoms in total. The molecule has 0 atom stereocenters. The number of hydrogen-bond donors (Lipinski definition) is 0. The highest BCUT2D eigenvalue weighted by Crippen LogP contribution is 2.29. The third-order valence-electron chi connectivity index (χ3n) is 2.52. The quantitative estimate of drug-likeness (QED) is 0.782. The topological polar surface area (TPSA) is 47.8 Å². The highest BCUT2D eigenvalue weighted by molar-refractivity contribution is 7.99. The first-order chi connectivity index (χ1) is 8.09. The number of Topliss-reactive ketones (excluding diaryl/α,β-unsaturated/α-hetero) is 1. The number of aryl methyl sites for hydroxylation is 1. The number of carbonyl (C=O) groups excluding carboxylic acids is 1. The van der Waals surface area contributed by atoms with Gasteiger partial charge in [-0.3, -0.25) is 4.79 Å². The highest BCUT2D eigenvalue weighted by Gasteiger charge is 2.11. The molecule has 0 radical (unpaired) electrons. The molecule has 2 rings (SSSR count). The number of hydrogen-bond acceptors (Lipinski definition) is 4. The molecule has 1 aromatic heterocycles. The average molecular weight is 247 g/mol. The summed E-state index contributed by atoms with van der Waals surface area (Å²) in [5.41, 5.74) is 0.721. The predicted molar refractivity (Wildman–Crippen MR) is 66.3 cm³/mol. The lowest BCUT2D eigenvalue weighted by molar-refractivity contribution is 0.101. The van der Waals surface area contributed by atoms with Gasteiger partial charge < -0.3 is 4.57 Å². The van der Waals surface area contributed by atoms with E-state index in [4.69, 9.17) is 0 Å². The first-order valence-electron chi connectivity index (χ1n) is 5.23. The summed E-state index contributed by atoms with van der Waals surface area (Å²) in [6.07, 6.45) is 0. The monoisotopic (exact) mass is 247 g/mol. The van der Waals surface area contributed by atoms with E-state index in [1.807, 2.05) is 42.8 Å². The smallest absolute Gasteiger partial charge is 0.195 e. The summed E-state index contributed by atoms with van der Waals surface area (Å²) in [7, 11) is 1.91. The van der Waals surface area contributed by atoms with Crippen molar-refractivity contribution in [3.8, 4) is 0 Å². The maximum Gasteiger partial charge on any atom is 0.195 e. The predicted octanol–water partition coefficient (Wildman–Crippen LogP) is 2.48. The molecule has 0 unspecified atom stereocenters. The van der Waals surface area contributed by atoms with Gasteiger partial charge in [-0.15, -0.1) is 10.2 Å². The van der Waals surface area contributed by atoms with Crippen molar-refractivity contribution < 1.29 is 4.79 Å². The van der Waals surface area contributed by atoms with Crippen molar-refractivity contribution in [1.29, 1.82) is 0 Å². The van der Waals surface area contributed by atoms with Crippen LogP contribution in [0.1, 0.15) is 23.1 Å². The molecule has 0 N–H and O–H groups in total. The van der Waals surface area contributed by atoms with Gasteiger partial charge in [0.05, 0.1) is 0 Å². The second-order valence-electron chi connectivity index (χ2n) is 3.74. The number of aromatic nitrogens is 3. The van der Waals surface area contributed by atoms with Crippen LogP contribution in [-0.4, -0.2) is 20.5 Å². The molecule has 1 heterocycles. The molecule has 0 aliphatic carbocycles. The van der Waals surface area contributed by atoms with Crippen molar-refractivity contribution in [3.05, 3.63) is 35.7 Å². The lowest BCUT2D eigenvalue weighted by Gasteiger charge is -2.05. The first kappa shape index (κ1) is 11.9. The summed E-state index contributed by atoms with van der Waals surface area (Å²) in [5.74, 6) is 0.916. The van der Waals surface area contributed by atoms with Gasteiger partial charge in [0, 0.05) is 17.5 Å². The van der Waals surface area contributed by atoms with Crippen molar-refractivity contribution in [2.75, 3.05) is 0 Å². The summed E-state index contributed by atoms with van der Waals surface area (Å²) in [6.45, 7) is 3.47. The van der Waals surface area contributed by atoms with E-state index in [-0.39, 0.29) is 5.78 Å². The Balaban J connectivity index is 2.36. The van der Waals surface area contributed by atoms with E-state index < -0.39 is 0 Å². The number of ketones is 1. The molecule has 17 heavy (non-hydrogen) atoms. The Bertz CT molecular complexity index is 563. The molecule has 0 fully saturated rings. The van der Waals surface area contributed by atoms with E-state index in [2.05, 4.69) is 10.2 Å². The Morgan fingerprint density at radius 1 is 1.29 bits per heavy atom. The van der Waals surface area contributed by atoms with E-state index in [0.29, 0.717) is 0 Å². The van der Waals surface area contributed by atoms with Crippen LogP contribution in [0.4, 0.5) is 0 Å². The minimum Gasteiger partial charge on any atom is -0.309 e. The number of nitrogens with zero attached hydrogens (tertiary/aromatic N) is 3. The molecule has 0 bridgehead atoms. The Hall–Kier alpha value is -1.62. The molecular formula is C12H13N3OS. The van der Waals surface area contributed by atoms with E-state index >= 15 is 0 Å². The zero-order valence-corrected chi connectivity index (χ0v) is 10.8. The van der Waals surface area contributed by atoms with Crippen molar-refractivity contribution in [2.24, 2.45) is 7.05 Å². The lowest BCUT2D eigenvalue weighted by atomic mass is 10.1. The molecule has 0 aliphatic rings. The minimum absolute atomic E-state index is 0.0620. The van der Waals surface area contributed by atoms with Crippen molar-refractivity contribution in [1.82, 2.24) is 14.8 Å². The maximum atomic E-state index is 11.5. The Morgan fingerprint density at radius 2 is 2.00 bits per heavy atom. The van der Waals surface area contributed by atoms with Crippen molar-refractivity contribution in [2.45, 2.75) is 23.9 Å². The van der Waals surface area contributed by atoms with Crippen molar-refractivity contribution in [3.63, 3.8) is 0 Å². The zero-order chi connectivity index (χ0) is 12.4. The van der Waals surface area contributed by atoms with E-state index in [9.17, 15) is 4.79 Å². The SMILES string of the molecule is CC(=O)c1ccccc1Sc1nnc(C)n1C. The summed E-state index contributed by atoms with van der Waals surface area (Å²) < 4.78 is 1.90. The molecule has 1 aromatic carbocycles. The van der Waals surface area contributed by atoms with Crippen LogP contribution in [-0.2, 0) is 7.05 Å². The zero-order valence-electron chi connectivity index (χ0n) is 9.97. The van der Waals surface area contributed by atoms with Crippen LogP contribution in [0.15, 0.2) is 34.3 Å². The Labute approximate surface area is 104 Å². The maximum absolute atomic E-state index is 11.5. The summed E-state index contributed by atoms with van der Waals surface area (Å²) in [5, 5.41) is 8.86. The van der Waals surface area contributed by atoms with Gasteiger partial charge in [-0.05, 0) is 31.7 Å². The van der Waals surface area contributed by atoms with Crippen LogP contribution in [0, 0.1) is 6.92 Å². The number of carbonyl (C=O) groups is 1. The number of benzene rings is 1. The van der Waals surface area contributed by atoms with Gasteiger partial charge >= 0.3 is 0 Å².